The van der Waals surface area contributed by atoms with Gasteiger partial charge in [-0.25, -0.2) is 0 Å². The predicted octanol–water partition coefficient (Wildman–Crippen LogP) is 1.54. The van der Waals surface area contributed by atoms with Crippen LogP contribution in [0.5, 0.6) is 0 Å². The van der Waals surface area contributed by atoms with Crippen LogP contribution in [-0.2, 0) is 11.3 Å². The quantitative estimate of drug-likeness (QED) is 0.856. The lowest BCUT2D eigenvalue weighted by Gasteiger charge is -2.37. The lowest BCUT2D eigenvalue weighted by molar-refractivity contribution is -0.124. The van der Waals surface area contributed by atoms with Gasteiger partial charge in [0.25, 0.3) is 0 Å². The lowest BCUT2D eigenvalue weighted by Crippen LogP contribution is -2.50. The minimum absolute atomic E-state index is 0.261. The molecule has 1 saturated heterocycles. The van der Waals surface area contributed by atoms with Gasteiger partial charge in [0, 0.05) is 32.1 Å². The van der Waals surface area contributed by atoms with Crippen molar-refractivity contribution >= 4 is 5.91 Å². The summed E-state index contributed by atoms with van der Waals surface area (Å²) in [4.78, 5) is 20.8. The largest absolute Gasteiger partial charge is 0.368 e. The molecule has 25 heavy (non-hydrogen) atoms. The number of nitrogens with zero attached hydrogens (tertiary/aromatic N) is 4. The van der Waals surface area contributed by atoms with Gasteiger partial charge in [-0.3, -0.25) is 14.6 Å². The molecule has 1 amide bonds. The summed E-state index contributed by atoms with van der Waals surface area (Å²) in [7, 11) is 0. The van der Waals surface area contributed by atoms with Gasteiger partial charge in [0.05, 0.1) is 6.54 Å². The van der Waals surface area contributed by atoms with E-state index in [4.69, 9.17) is 10.3 Å². The molecule has 2 heterocycles. The number of primary amides is 1. The number of benzene rings is 1. The van der Waals surface area contributed by atoms with Crippen molar-refractivity contribution in [2.45, 2.75) is 32.4 Å². The minimum atomic E-state index is -0.376. The lowest BCUT2D eigenvalue weighted by atomic mass is 10.0. The number of hydrogen-bond acceptors (Lipinski definition) is 6. The van der Waals surface area contributed by atoms with Crippen LogP contribution in [0, 0.1) is 0 Å². The van der Waals surface area contributed by atoms with E-state index in [1.54, 1.807) is 0 Å². The summed E-state index contributed by atoms with van der Waals surface area (Å²) in [6.07, 6.45) is 0. The Labute approximate surface area is 147 Å². The molecule has 2 N–H and O–H groups in total. The molecule has 7 heteroatoms. The van der Waals surface area contributed by atoms with Crippen LogP contribution in [0.1, 0.15) is 43.1 Å². The Hall–Kier alpha value is -2.25. The van der Waals surface area contributed by atoms with E-state index in [-0.39, 0.29) is 17.9 Å². The summed E-state index contributed by atoms with van der Waals surface area (Å²) in [5, 5.41) is 4.00. The molecule has 0 spiro atoms. The average Bonchev–Trinajstić information content (AvgIpc) is 3.06. The van der Waals surface area contributed by atoms with Crippen molar-refractivity contribution in [1.82, 2.24) is 19.9 Å². The number of nitrogens with two attached hydrogens (primary N) is 1. The van der Waals surface area contributed by atoms with Crippen molar-refractivity contribution in [2.75, 3.05) is 26.2 Å². The maximum absolute atomic E-state index is 12.0. The molecule has 1 atom stereocenters. The summed E-state index contributed by atoms with van der Waals surface area (Å²) in [6.45, 7) is 7.93. The van der Waals surface area contributed by atoms with E-state index in [2.05, 4.69) is 19.9 Å². The molecule has 3 rings (SSSR count). The number of carbonyl (C=O) groups excluding carboxylic acids is 1. The molecule has 2 aromatic rings. The minimum Gasteiger partial charge on any atom is -0.368 e. The molecular weight excluding hydrogens is 318 g/mol. The summed E-state index contributed by atoms with van der Waals surface area (Å²) in [6, 6.07) is 9.34. The van der Waals surface area contributed by atoms with Gasteiger partial charge in [-0.15, -0.1) is 0 Å². The highest BCUT2D eigenvalue weighted by Gasteiger charge is 2.29. The van der Waals surface area contributed by atoms with E-state index >= 15 is 0 Å². The molecule has 1 aromatic heterocycles. The van der Waals surface area contributed by atoms with Crippen LogP contribution >= 0.6 is 0 Å². The number of aromatic nitrogens is 2. The highest BCUT2D eigenvalue weighted by atomic mass is 16.5. The van der Waals surface area contributed by atoms with Gasteiger partial charge in [0.15, 0.2) is 5.82 Å². The van der Waals surface area contributed by atoms with Gasteiger partial charge in [0.2, 0.25) is 11.8 Å². The Kier molecular flexibility index (Phi) is 5.45. The van der Waals surface area contributed by atoms with Crippen molar-refractivity contribution in [3.8, 4) is 0 Å². The second-order valence-corrected chi connectivity index (χ2v) is 6.73. The van der Waals surface area contributed by atoms with E-state index in [1.165, 1.54) is 0 Å². The second-order valence-electron chi connectivity index (χ2n) is 6.73. The monoisotopic (exact) mass is 343 g/mol. The van der Waals surface area contributed by atoms with Crippen LogP contribution in [0.3, 0.4) is 0 Å². The average molecular weight is 343 g/mol. The smallest absolute Gasteiger partial charge is 0.240 e. The fourth-order valence-electron chi connectivity index (χ4n) is 3.13. The first kappa shape index (κ1) is 17.6. The zero-order chi connectivity index (χ0) is 17.8. The van der Waals surface area contributed by atoms with E-state index in [1.807, 2.05) is 44.2 Å². The number of rotatable bonds is 6. The maximum atomic E-state index is 12.0. The normalized spacial score (nSPS) is 17.7. The molecule has 7 nitrogen and oxygen atoms in total. The molecule has 0 bridgehead atoms. The number of amides is 1. The molecule has 0 unspecified atom stereocenters. The van der Waals surface area contributed by atoms with E-state index in [0.717, 1.165) is 37.6 Å². The maximum Gasteiger partial charge on any atom is 0.240 e. The molecule has 0 saturated carbocycles. The third-order valence-corrected chi connectivity index (χ3v) is 4.52. The summed E-state index contributed by atoms with van der Waals surface area (Å²) < 4.78 is 5.32. The highest BCUT2D eigenvalue weighted by Crippen LogP contribution is 2.22. The predicted molar refractivity (Wildman–Crippen MR) is 93.6 cm³/mol. The van der Waals surface area contributed by atoms with Crippen LogP contribution in [0.2, 0.25) is 0 Å². The Morgan fingerprint density at radius 3 is 2.44 bits per heavy atom. The van der Waals surface area contributed by atoms with Gasteiger partial charge in [-0.2, -0.15) is 4.98 Å². The Morgan fingerprint density at radius 1 is 1.20 bits per heavy atom. The van der Waals surface area contributed by atoms with Crippen LogP contribution in [-0.4, -0.2) is 52.0 Å². The fourth-order valence-corrected chi connectivity index (χ4v) is 3.13. The van der Waals surface area contributed by atoms with Crippen molar-refractivity contribution in [1.29, 1.82) is 0 Å². The topological polar surface area (TPSA) is 88.5 Å². The van der Waals surface area contributed by atoms with Crippen molar-refractivity contribution < 1.29 is 9.32 Å². The zero-order valence-corrected chi connectivity index (χ0v) is 14.8. The van der Waals surface area contributed by atoms with Gasteiger partial charge in [0.1, 0.15) is 6.04 Å². The van der Waals surface area contributed by atoms with E-state index < -0.39 is 0 Å². The number of carbonyl (C=O) groups is 1. The van der Waals surface area contributed by atoms with Crippen LogP contribution in [0.4, 0.5) is 0 Å². The Morgan fingerprint density at radius 2 is 1.88 bits per heavy atom. The van der Waals surface area contributed by atoms with Crippen molar-refractivity contribution in [3.05, 3.63) is 47.6 Å². The summed E-state index contributed by atoms with van der Waals surface area (Å²) in [5.74, 6) is 1.34. The third-order valence-electron chi connectivity index (χ3n) is 4.52. The summed E-state index contributed by atoms with van der Waals surface area (Å²) >= 11 is 0. The standard InChI is InChI=1S/C18H25N5O2/c1-13(2)18-20-15(25-21-18)12-22-8-10-23(11-9-22)16(17(19)24)14-6-4-3-5-7-14/h3-7,13,16H,8-12H2,1-2H3,(H2,19,24)/t16-/m1/s1. The van der Waals surface area contributed by atoms with E-state index in [9.17, 15) is 4.79 Å². The van der Waals surface area contributed by atoms with Crippen LogP contribution in [0.25, 0.3) is 0 Å². The number of piperazine rings is 1. The molecule has 134 valence electrons. The molecule has 0 radical (unpaired) electrons. The van der Waals surface area contributed by atoms with Gasteiger partial charge < -0.3 is 10.3 Å². The first-order chi connectivity index (χ1) is 12.0. The molecule has 1 aromatic carbocycles. The van der Waals surface area contributed by atoms with Gasteiger partial charge in [-0.05, 0) is 5.56 Å². The van der Waals surface area contributed by atoms with Gasteiger partial charge in [-0.1, -0.05) is 49.3 Å². The molecule has 1 aliphatic heterocycles. The summed E-state index contributed by atoms with van der Waals surface area (Å²) in [5.41, 5.74) is 6.61. The Bertz CT molecular complexity index is 693. The third kappa shape index (κ3) is 4.24. The first-order valence-electron chi connectivity index (χ1n) is 8.67. The molecule has 0 aliphatic carbocycles. The number of hydrogen-bond donors (Lipinski definition) is 1. The zero-order valence-electron chi connectivity index (χ0n) is 14.8. The second kappa shape index (κ2) is 7.76. The fraction of sp³-hybridized carbons (Fsp3) is 0.500. The van der Waals surface area contributed by atoms with Crippen molar-refractivity contribution in [3.63, 3.8) is 0 Å². The molecule has 1 fully saturated rings. The van der Waals surface area contributed by atoms with Crippen LogP contribution < -0.4 is 5.73 Å². The van der Waals surface area contributed by atoms with E-state index in [0.29, 0.717) is 12.4 Å². The molecular formula is C18H25N5O2. The van der Waals surface area contributed by atoms with Crippen molar-refractivity contribution in [2.24, 2.45) is 5.73 Å². The Balaban J connectivity index is 1.59. The van der Waals surface area contributed by atoms with Crippen LogP contribution in [0.15, 0.2) is 34.9 Å². The first-order valence-corrected chi connectivity index (χ1v) is 8.67. The molecule has 1 aliphatic rings. The van der Waals surface area contributed by atoms with Gasteiger partial charge >= 0.3 is 0 Å². The SMILES string of the molecule is CC(C)c1noc(CN2CCN([C@@H](C(N)=O)c3ccccc3)CC2)n1. The highest BCUT2D eigenvalue weighted by molar-refractivity contribution is 5.81.